The average Bonchev–Trinajstić information content (AvgIpc) is 3.12. The summed E-state index contributed by atoms with van der Waals surface area (Å²) < 4.78 is 15.2. The van der Waals surface area contributed by atoms with Crippen LogP contribution in [0.4, 0.5) is 10.2 Å². The van der Waals surface area contributed by atoms with Crippen LogP contribution < -0.4 is 4.90 Å². The van der Waals surface area contributed by atoms with Crippen molar-refractivity contribution in [3.63, 3.8) is 0 Å². The van der Waals surface area contributed by atoms with E-state index in [0.29, 0.717) is 23.5 Å². The lowest BCUT2D eigenvalue weighted by atomic mass is 10.1. The number of benzene rings is 1. The fourth-order valence-electron chi connectivity index (χ4n) is 3.59. The zero-order valence-corrected chi connectivity index (χ0v) is 16.7. The number of halogens is 1. The van der Waals surface area contributed by atoms with Crippen molar-refractivity contribution in [3.05, 3.63) is 59.7 Å². The number of fused-ring (bicyclic) bond motifs is 1. The molecule has 1 aromatic carbocycles. The van der Waals surface area contributed by atoms with Crippen molar-refractivity contribution < 1.29 is 14.0 Å². The van der Waals surface area contributed by atoms with Gasteiger partial charge in [0, 0.05) is 37.6 Å². The largest absolute Gasteiger partial charge is 0.299 e. The Morgan fingerprint density at radius 2 is 1.93 bits per heavy atom. The molecule has 2 aromatic heterocycles. The van der Waals surface area contributed by atoms with E-state index in [0.717, 1.165) is 24.5 Å². The quantitative estimate of drug-likeness (QED) is 0.627. The number of carbonyl (C=O) groups is 2. The molecular formula is C22H22FN5O2. The molecular weight excluding hydrogens is 385 g/mol. The van der Waals surface area contributed by atoms with E-state index in [1.165, 1.54) is 12.1 Å². The van der Waals surface area contributed by atoms with Gasteiger partial charge in [0.1, 0.15) is 17.4 Å². The molecule has 7 nitrogen and oxygen atoms in total. The lowest BCUT2D eigenvalue weighted by Crippen LogP contribution is -2.37. The summed E-state index contributed by atoms with van der Waals surface area (Å²) in [6, 6.07) is 11.4. The highest BCUT2D eigenvalue weighted by Gasteiger charge is 2.24. The number of anilines is 1. The first kappa shape index (κ1) is 19.9. The molecule has 0 fully saturated rings. The van der Waals surface area contributed by atoms with Crippen LogP contribution >= 0.6 is 0 Å². The lowest BCUT2D eigenvalue weighted by Gasteiger charge is -2.27. The molecule has 0 radical (unpaired) electrons. The molecule has 0 atom stereocenters. The van der Waals surface area contributed by atoms with E-state index in [2.05, 4.69) is 15.3 Å². The number of Topliss-reactive ketones (excluding diaryl/α,β-unsaturated/α-hetero) is 1. The summed E-state index contributed by atoms with van der Waals surface area (Å²) in [7, 11) is 0. The molecule has 0 N–H and O–H groups in total. The summed E-state index contributed by atoms with van der Waals surface area (Å²) in [5, 5.41) is 12.5. The number of nitrogens with zero attached hydrogens (tertiary/aromatic N) is 5. The van der Waals surface area contributed by atoms with Crippen LogP contribution in [0.2, 0.25) is 0 Å². The predicted molar refractivity (Wildman–Crippen MR) is 109 cm³/mol. The van der Waals surface area contributed by atoms with Gasteiger partial charge in [-0.1, -0.05) is 12.1 Å². The van der Waals surface area contributed by atoms with Gasteiger partial charge in [0.25, 0.3) is 0 Å². The van der Waals surface area contributed by atoms with Gasteiger partial charge < -0.3 is 0 Å². The molecule has 0 unspecified atom stereocenters. The Labute approximate surface area is 173 Å². The molecule has 8 heteroatoms. The zero-order valence-electron chi connectivity index (χ0n) is 16.7. The van der Waals surface area contributed by atoms with E-state index in [1.54, 1.807) is 29.2 Å². The minimum Gasteiger partial charge on any atom is -0.299 e. The van der Waals surface area contributed by atoms with Crippen molar-refractivity contribution in [1.29, 1.82) is 0 Å². The van der Waals surface area contributed by atoms with Gasteiger partial charge in [0.2, 0.25) is 5.91 Å². The van der Waals surface area contributed by atoms with Gasteiger partial charge in [-0.3, -0.25) is 14.5 Å². The maximum atomic E-state index is 13.3. The second-order valence-electron chi connectivity index (χ2n) is 7.40. The van der Waals surface area contributed by atoms with E-state index in [1.807, 2.05) is 17.7 Å². The number of hydrogen-bond acceptors (Lipinski definition) is 5. The average molecular weight is 407 g/mol. The van der Waals surface area contributed by atoms with Gasteiger partial charge in [0.05, 0.1) is 23.5 Å². The highest BCUT2D eigenvalue weighted by molar-refractivity contribution is 5.95. The van der Waals surface area contributed by atoms with Crippen molar-refractivity contribution in [2.75, 3.05) is 11.4 Å². The number of carbonyl (C=O) groups excluding carboxylic acids is 2. The monoisotopic (exact) mass is 407 g/mol. The molecule has 0 aliphatic carbocycles. The molecule has 1 aliphatic rings. The van der Waals surface area contributed by atoms with Crippen LogP contribution in [0.3, 0.4) is 0 Å². The molecule has 0 saturated heterocycles. The van der Waals surface area contributed by atoms with Gasteiger partial charge in [-0.2, -0.15) is 15.3 Å². The molecule has 1 aliphatic heterocycles. The second kappa shape index (κ2) is 8.52. The van der Waals surface area contributed by atoms with Gasteiger partial charge in [-0.15, -0.1) is 0 Å². The minimum atomic E-state index is -0.342. The number of ketones is 1. The maximum absolute atomic E-state index is 13.3. The molecule has 154 valence electrons. The molecule has 3 aromatic rings. The maximum Gasteiger partial charge on any atom is 0.228 e. The minimum absolute atomic E-state index is 0.0714. The van der Waals surface area contributed by atoms with Crippen molar-refractivity contribution in [1.82, 2.24) is 20.0 Å². The van der Waals surface area contributed by atoms with E-state index in [9.17, 15) is 14.0 Å². The predicted octanol–water partition coefficient (Wildman–Crippen LogP) is 3.12. The van der Waals surface area contributed by atoms with Crippen LogP contribution in [0.25, 0.3) is 11.3 Å². The molecule has 0 bridgehead atoms. The number of amides is 1. The Morgan fingerprint density at radius 3 is 2.70 bits per heavy atom. The van der Waals surface area contributed by atoms with Crippen LogP contribution in [-0.4, -0.2) is 38.2 Å². The third-order valence-electron chi connectivity index (χ3n) is 5.05. The molecule has 4 rings (SSSR count). The first-order valence-electron chi connectivity index (χ1n) is 9.94. The normalized spacial score (nSPS) is 13.2. The summed E-state index contributed by atoms with van der Waals surface area (Å²) in [4.78, 5) is 26.7. The fraction of sp³-hybridized carbons (Fsp3) is 0.318. The number of hydrogen-bond donors (Lipinski definition) is 0. The van der Waals surface area contributed by atoms with Crippen LogP contribution in [-0.2, 0) is 22.6 Å². The van der Waals surface area contributed by atoms with Crippen molar-refractivity contribution in [2.45, 2.75) is 39.2 Å². The van der Waals surface area contributed by atoms with Crippen LogP contribution in [0.1, 0.15) is 30.7 Å². The summed E-state index contributed by atoms with van der Waals surface area (Å²) in [5.74, 6) is 0.315. The Hall–Kier alpha value is -3.42. The molecule has 0 spiro atoms. The first-order chi connectivity index (χ1) is 14.5. The Bertz CT molecular complexity index is 1080. The summed E-state index contributed by atoms with van der Waals surface area (Å²) in [6.07, 6.45) is 1.26. The van der Waals surface area contributed by atoms with Gasteiger partial charge in [0.15, 0.2) is 0 Å². The smallest absolute Gasteiger partial charge is 0.228 e. The second-order valence-corrected chi connectivity index (χ2v) is 7.40. The first-order valence-corrected chi connectivity index (χ1v) is 9.94. The van der Waals surface area contributed by atoms with Crippen LogP contribution in [0.5, 0.6) is 0 Å². The SMILES string of the molecule is Cc1cc2n(n1)CCCN2C(=O)CCC(=O)Cc1ccc(-c2cccc(F)c2)nn1. The van der Waals surface area contributed by atoms with Crippen LogP contribution in [0.15, 0.2) is 42.5 Å². The molecule has 0 saturated carbocycles. The van der Waals surface area contributed by atoms with E-state index in [4.69, 9.17) is 0 Å². The molecule has 3 heterocycles. The summed E-state index contributed by atoms with van der Waals surface area (Å²) >= 11 is 0. The topological polar surface area (TPSA) is 81.0 Å². The number of aryl methyl sites for hydroxylation is 2. The summed E-state index contributed by atoms with van der Waals surface area (Å²) in [6.45, 7) is 3.35. The van der Waals surface area contributed by atoms with E-state index in [-0.39, 0.29) is 36.8 Å². The van der Waals surface area contributed by atoms with Gasteiger partial charge >= 0.3 is 0 Å². The van der Waals surface area contributed by atoms with Crippen LogP contribution in [0, 0.1) is 12.7 Å². The van der Waals surface area contributed by atoms with Crippen molar-refractivity contribution in [3.8, 4) is 11.3 Å². The van der Waals surface area contributed by atoms with E-state index < -0.39 is 0 Å². The molecule has 30 heavy (non-hydrogen) atoms. The molecule has 1 amide bonds. The highest BCUT2D eigenvalue weighted by Crippen LogP contribution is 2.23. The number of rotatable bonds is 6. The van der Waals surface area contributed by atoms with Crippen molar-refractivity contribution in [2.24, 2.45) is 0 Å². The lowest BCUT2D eigenvalue weighted by molar-refractivity contribution is -0.123. The Morgan fingerprint density at radius 1 is 1.07 bits per heavy atom. The third kappa shape index (κ3) is 4.42. The highest BCUT2D eigenvalue weighted by atomic mass is 19.1. The number of aromatic nitrogens is 4. The van der Waals surface area contributed by atoms with E-state index >= 15 is 0 Å². The standard InChI is InChI=1S/C22H22FN5O2/c1-15-12-21-27(10-3-11-28(21)26-15)22(30)9-7-19(29)14-18-6-8-20(25-24-18)16-4-2-5-17(23)13-16/h2,4-6,8,12-13H,3,7,9-11,14H2,1H3. The summed E-state index contributed by atoms with van der Waals surface area (Å²) in [5.41, 5.74) is 2.57. The third-order valence-corrected chi connectivity index (χ3v) is 5.05. The van der Waals surface area contributed by atoms with Gasteiger partial charge in [-0.05, 0) is 37.6 Å². The fourth-order valence-corrected chi connectivity index (χ4v) is 3.59. The Balaban J connectivity index is 1.32. The zero-order chi connectivity index (χ0) is 21.1. The van der Waals surface area contributed by atoms with Gasteiger partial charge in [-0.25, -0.2) is 9.07 Å². The van der Waals surface area contributed by atoms with Crippen molar-refractivity contribution >= 4 is 17.5 Å². The Kier molecular flexibility index (Phi) is 5.65.